The Bertz CT molecular complexity index is 305. The van der Waals surface area contributed by atoms with E-state index in [1.807, 2.05) is 6.92 Å². The maximum atomic E-state index is 10.7. The van der Waals surface area contributed by atoms with Crippen molar-refractivity contribution in [2.75, 3.05) is 13.2 Å². The second-order valence-electron chi connectivity index (χ2n) is 4.19. The van der Waals surface area contributed by atoms with E-state index in [4.69, 9.17) is 9.47 Å². The van der Waals surface area contributed by atoms with Crippen LogP contribution in [0.1, 0.15) is 47.0 Å². The molecular formula is C15H26O4. The lowest BCUT2D eigenvalue weighted by Gasteiger charge is -2.01. The summed E-state index contributed by atoms with van der Waals surface area (Å²) in [7, 11) is 0. The van der Waals surface area contributed by atoms with Crippen molar-refractivity contribution in [2.45, 2.75) is 47.0 Å². The Kier molecular flexibility index (Phi) is 13.4. The molecule has 0 radical (unpaired) electrons. The van der Waals surface area contributed by atoms with Gasteiger partial charge in [-0.2, -0.15) is 0 Å². The van der Waals surface area contributed by atoms with E-state index in [0.29, 0.717) is 24.4 Å². The molecule has 0 aliphatic heterocycles. The second kappa shape index (κ2) is 12.9. The first-order valence-corrected chi connectivity index (χ1v) is 6.52. The first kappa shape index (κ1) is 19.8. The minimum absolute atomic E-state index is 0.284. The first-order valence-electron chi connectivity index (χ1n) is 6.52. The molecular weight excluding hydrogens is 244 g/mol. The quantitative estimate of drug-likeness (QED) is 0.404. The zero-order chi connectivity index (χ0) is 15.3. The highest BCUT2D eigenvalue weighted by Gasteiger charge is 2.00. The van der Waals surface area contributed by atoms with Crippen molar-refractivity contribution in [1.82, 2.24) is 0 Å². The Morgan fingerprint density at radius 3 is 1.58 bits per heavy atom. The van der Waals surface area contributed by atoms with Crippen LogP contribution in [0.2, 0.25) is 0 Å². The molecule has 0 aromatic carbocycles. The van der Waals surface area contributed by atoms with Crippen LogP contribution in [0.15, 0.2) is 24.3 Å². The summed E-state index contributed by atoms with van der Waals surface area (Å²) in [5, 5.41) is 0. The van der Waals surface area contributed by atoms with Gasteiger partial charge in [0.15, 0.2) is 0 Å². The van der Waals surface area contributed by atoms with E-state index >= 15 is 0 Å². The van der Waals surface area contributed by atoms with E-state index in [2.05, 4.69) is 20.1 Å². The van der Waals surface area contributed by atoms with Crippen molar-refractivity contribution < 1.29 is 19.1 Å². The standard InChI is InChI=1S/C8H14O2.C7H12O2/c1-4-5-6-10-8(9)7(2)3;1-4-5-9-7(8)6(2)3/h2,4-6H2,1,3H3;2,4-5H2,1,3H3. The number of ether oxygens (including phenoxy) is 2. The third-order valence-corrected chi connectivity index (χ3v) is 1.87. The number of hydrogen-bond acceptors (Lipinski definition) is 4. The summed E-state index contributed by atoms with van der Waals surface area (Å²) in [6.45, 7) is 15.2. The third-order valence-electron chi connectivity index (χ3n) is 1.87. The third kappa shape index (κ3) is 14.4. The van der Waals surface area contributed by atoms with Crippen LogP contribution in [0.4, 0.5) is 0 Å². The number of unbranched alkanes of at least 4 members (excludes halogenated alkanes) is 1. The largest absolute Gasteiger partial charge is 0.462 e. The maximum Gasteiger partial charge on any atom is 0.333 e. The fourth-order valence-electron chi connectivity index (χ4n) is 0.750. The molecule has 0 saturated heterocycles. The van der Waals surface area contributed by atoms with E-state index in [9.17, 15) is 9.59 Å². The summed E-state index contributed by atoms with van der Waals surface area (Å²) >= 11 is 0. The Hall–Kier alpha value is -1.58. The zero-order valence-corrected chi connectivity index (χ0v) is 12.6. The lowest BCUT2D eigenvalue weighted by Crippen LogP contribution is -2.05. The van der Waals surface area contributed by atoms with Crippen LogP contribution >= 0.6 is 0 Å². The van der Waals surface area contributed by atoms with Gasteiger partial charge < -0.3 is 9.47 Å². The van der Waals surface area contributed by atoms with Gasteiger partial charge in [-0.15, -0.1) is 0 Å². The molecule has 4 heteroatoms. The number of hydrogen-bond donors (Lipinski definition) is 0. The molecule has 0 aromatic rings. The molecule has 0 aliphatic rings. The van der Waals surface area contributed by atoms with Crippen molar-refractivity contribution in [2.24, 2.45) is 0 Å². The minimum Gasteiger partial charge on any atom is -0.462 e. The van der Waals surface area contributed by atoms with Crippen molar-refractivity contribution >= 4 is 11.9 Å². The van der Waals surface area contributed by atoms with Gasteiger partial charge in [-0.1, -0.05) is 33.4 Å². The minimum atomic E-state index is -0.295. The average Bonchev–Trinajstić information content (AvgIpc) is 2.36. The monoisotopic (exact) mass is 270 g/mol. The number of carbonyl (C=O) groups is 2. The van der Waals surface area contributed by atoms with Crippen LogP contribution < -0.4 is 0 Å². The smallest absolute Gasteiger partial charge is 0.333 e. The fraction of sp³-hybridized carbons (Fsp3) is 0.600. The average molecular weight is 270 g/mol. The van der Waals surface area contributed by atoms with E-state index in [1.54, 1.807) is 13.8 Å². The Labute approximate surface area is 116 Å². The van der Waals surface area contributed by atoms with Gasteiger partial charge >= 0.3 is 11.9 Å². The van der Waals surface area contributed by atoms with Crippen molar-refractivity contribution in [3.8, 4) is 0 Å². The van der Waals surface area contributed by atoms with Crippen LogP contribution in [0.3, 0.4) is 0 Å². The molecule has 0 heterocycles. The molecule has 0 saturated carbocycles. The van der Waals surface area contributed by atoms with E-state index in [1.165, 1.54) is 0 Å². The molecule has 4 nitrogen and oxygen atoms in total. The van der Waals surface area contributed by atoms with Crippen LogP contribution in [-0.4, -0.2) is 25.2 Å². The summed E-state index contributed by atoms with van der Waals surface area (Å²) in [5.74, 6) is -0.578. The van der Waals surface area contributed by atoms with Gasteiger partial charge in [0, 0.05) is 11.1 Å². The van der Waals surface area contributed by atoms with Gasteiger partial charge in [-0.05, 0) is 26.7 Å². The molecule has 110 valence electrons. The van der Waals surface area contributed by atoms with Gasteiger partial charge in [0.25, 0.3) is 0 Å². The van der Waals surface area contributed by atoms with Gasteiger partial charge in [-0.25, -0.2) is 9.59 Å². The van der Waals surface area contributed by atoms with Crippen LogP contribution in [0, 0.1) is 0 Å². The van der Waals surface area contributed by atoms with Gasteiger partial charge in [-0.3, -0.25) is 0 Å². The normalized spacial score (nSPS) is 8.84. The highest BCUT2D eigenvalue weighted by atomic mass is 16.5. The number of carbonyl (C=O) groups excluding carboxylic acids is 2. The van der Waals surface area contributed by atoms with Gasteiger partial charge in [0.2, 0.25) is 0 Å². The Morgan fingerprint density at radius 1 is 0.842 bits per heavy atom. The van der Waals surface area contributed by atoms with Gasteiger partial charge in [0.1, 0.15) is 0 Å². The first-order chi connectivity index (χ1) is 8.86. The molecule has 0 aliphatic carbocycles. The van der Waals surface area contributed by atoms with Crippen molar-refractivity contribution in [3.05, 3.63) is 24.3 Å². The summed E-state index contributed by atoms with van der Waals surface area (Å²) < 4.78 is 9.52. The molecule has 0 rings (SSSR count). The maximum absolute atomic E-state index is 10.7. The second-order valence-corrected chi connectivity index (χ2v) is 4.19. The summed E-state index contributed by atoms with van der Waals surface area (Å²) in [6, 6.07) is 0. The summed E-state index contributed by atoms with van der Waals surface area (Å²) in [6.07, 6.45) is 2.83. The molecule has 0 unspecified atom stereocenters. The van der Waals surface area contributed by atoms with E-state index in [0.717, 1.165) is 19.3 Å². The molecule has 0 atom stereocenters. The Morgan fingerprint density at radius 2 is 1.26 bits per heavy atom. The summed E-state index contributed by atoms with van der Waals surface area (Å²) in [4.78, 5) is 21.3. The fourth-order valence-corrected chi connectivity index (χ4v) is 0.750. The number of rotatable bonds is 7. The molecule has 0 amide bonds. The van der Waals surface area contributed by atoms with Crippen LogP contribution in [-0.2, 0) is 19.1 Å². The van der Waals surface area contributed by atoms with Crippen molar-refractivity contribution in [1.29, 1.82) is 0 Å². The van der Waals surface area contributed by atoms with Crippen molar-refractivity contribution in [3.63, 3.8) is 0 Å². The van der Waals surface area contributed by atoms with E-state index < -0.39 is 0 Å². The predicted octanol–water partition coefficient (Wildman–Crippen LogP) is 3.42. The molecule has 0 aromatic heterocycles. The molecule has 19 heavy (non-hydrogen) atoms. The lowest BCUT2D eigenvalue weighted by atomic mass is 10.3. The Balaban J connectivity index is 0. The van der Waals surface area contributed by atoms with E-state index in [-0.39, 0.29) is 11.9 Å². The topological polar surface area (TPSA) is 52.6 Å². The summed E-state index contributed by atoms with van der Waals surface area (Å²) in [5.41, 5.74) is 0.930. The molecule has 0 bridgehead atoms. The highest BCUT2D eigenvalue weighted by molar-refractivity contribution is 5.87. The highest BCUT2D eigenvalue weighted by Crippen LogP contribution is 1.94. The molecule has 0 N–H and O–H groups in total. The number of esters is 2. The van der Waals surface area contributed by atoms with Gasteiger partial charge in [0.05, 0.1) is 13.2 Å². The molecule has 0 fully saturated rings. The van der Waals surface area contributed by atoms with Crippen LogP contribution in [0.25, 0.3) is 0 Å². The predicted molar refractivity (Wildman–Crippen MR) is 76.7 cm³/mol. The SMILES string of the molecule is C=C(C)C(=O)OCCC.C=C(C)C(=O)OCCCC. The molecule has 0 spiro atoms. The van der Waals surface area contributed by atoms with Crippen LogP contribution in [0.5, 0.6) is 0 Å². The lowest BCUT2D eigenvalue weighted by molar-refractivity contribution is -0.139. The zero-order valence-electron chi connectivity index (χ0n) is 12.6.